The maximum atomic E-state index is 10.6. The normalized spacial score (nSPS) is 25.3. The third-order valence-electron chi connectivity index (χ3n) is 4.84. The molecular weight excluding hydrogens is 232 g/mol. The molecule has 1 atom stereocenters. The van der Waals surface area contributed by atoms with Gasteiger partial charge in [-0.1, -0.05) is 51.8 Å². The molecule has 1 N–H and O–H groups in total. The number of benzene rings is 1. The number of aliphatic hydroxyl groups excluding tert-OH is 1. The highest BCUT2D eigenvalue weighted by molar-refractivity contribution is 5.33. The first kappa shape index (κ1) is 14.6. The highest BCUT2D eigenvalue weighted by atomic mass is 16.3. The first-order valence-corrected chi connectivity index (χ1v) is 7.95. The van der Waals surface area contributed by atoms with Crippen molar-refractivity contribution < 1.29 is 5.11 Å². The maximum absolute atomic E-state index is 10.6. The predicted molar refractivity (Wildman–Crippen MR) is 81.3 cm³/mol. The summed E-state index contributed by atoms with van der Waals surface area (Å²) in [6, 6.07) is 6.59. The zero-order chi connectivity index (χ0) is 13.8. The summed E-state index contributed by atoms with van der Waals surface area (Å²) in [6.45, 7) is 6.73. The van der Waals surface area contributed by atoms with Crippen LogP contribution in [-0.4, -0.2) is 5.11 Å². The van der Waals surface area contributed by atoms with Gasteiger partial charge in [-0.2, -0.15) is 0 Å². The van der Waals surface area contributed by atoms with Crippen LogP contribution in [0.3, 0.4) is 0 Å². The molecule has 1 aromatic carbocycles. The van der Waals surface area contributed by atoms with Crippen LogP contribution in [0.1, 0.15) is 69.2 Å². The average Bonchev–Trinajstić information content (AvgIpc) is 2.46. The molecule has 0 heterocycles. The minimum absolute atomic E-state index is 0.260. The minimum atomic E-state index is -0.260. The van der Waals surface area contributed by atoms with Crippen molar-refractivity contribution in [2.75, 3.05) is 0 Å². The first-order chi connectivity index (χ1) is 9.15. The second-order valence-electron chi connectivity index (χ2n) is 6.20. The lowest BCUT2D eigenvalue weighted by molar-refractivity contribution is 0.0755. The number of rotatable bonds is 4. The lowest BCUT2D eigenvalue weighted by atomic mass is 9.78. The fourth-order valence-corrected chi connectivity index (χ4v) is 3.38. The van der Waals surface area contributed by atoms with Crippen molar-refractivity contribution in [1.82, 2.24) is 0 Å². The highest BCUT2D eigenvalue weighted by Gasteiger charge is 2.25. The molecule has 2 rings (SSSR count). The zero-order valence-electron chi connectivity index (χ0n) is 12.7. The van der Waals surface area contributed by atoms with E-state index < -0.39 is 0 Å². The van der Waals surface area contributed by atoms with Gasteiger partial charge in [0.2, 0.25) is 0 Å². The van der Waals surface area contributed by atoms with Gasteiger partial charge in [0.1, 0.15) is 0 Å². The summed E-state index contributed by atoms with van der Waals surface area (Å²) in [5.41, 5.74) is 3.97. The molecule has 0 aromatic heterocycles. The van der Waals surface area contributed by atoms with E-state index in [1.807, 2.05) is 0 Å². The summed E-state index contributed by atoms with van der Waals surface area (Å²) >= 11 is 0. The van der Waals surface area contributed by atoms with Crippen LogP contribution in [0.25, 0.3) is 0 Å². The molecule has 106 valence electrons. The fourth-order valence-electron chi connectivity index (χ4n) is 3.38. The van der Waals surface area contributed by atoms with Gasteiger partial charge in [0, 0.05) is 0 Å². The Kier molecular flexibility index (Phi) is 5.04. The topological polar surface area (TPSA) is 20.2 Å². The van der Waals surface area contributed by atoms with Crippen LogP contribution >= 0.6 is 0 Å². The van der Waals surface area contributed by atoms with Gasteiger partial charge in [0.05, 0.1) is 6.10 Å². The van der Waals surface area contributed by atoms with Gasteiger partial charge >= 0.3 is 0 Å². The summed E-state index contributed by atoms with van der Waals surface area (Å²) < 4.78 is 0. The molecule has 19 heavy (non-hydrogen) atoms. The molecule has 0 spiro atoms. The van der Waals surface area contributed by atoms with E-state index in [0.29, 0.717) is 5.92 Å². The van der Waals surface area contributed by atoms with E-state index in [1.165, 1.54) is 36.8 Å². The van der Waals surface area contributed by atoms with Crippen molar-refractivity contribution in [1.29, 1.82) is 0 Å². The van der Waals surface area contributed by atoms with Gasteiger partial charge in [-0.3, -0.25) is 0 Å². The van der Waals surface area contributed by atoms with Crippen LogP contribution in [-0.2, 0) is 12.8 Å². The predicted octanol–water partition coefficient (Wildman–Crippen LogP) is 4.67. The van der Waals surface area contributed by atoms with Gasteiger partial charge in [0.15, 0.2) is 0 Å². The molecule has 1 heteroatoms. The molecule has 0 radical (unpaired) electrons. The van der Waals surface area contributed by atoms with E-state index in [9.17, 15) is 5.11 Å². The molecule has 1 aliphatic rings. The molecule has 1 nitrogen and oxygen atoms in total. The summed E-state index contributed by atoms with van der Waals surface area (Å²) in [5.74, 6) is 1.31. The number of aliphatic hydroxyl groups is 1. The van der Waals surface area contributed by atoms with Crippen molar-refractivity contribution in [3.8, 4) is 0 Å². The van der Waals surface area contributed by atoms with Gasteiger partial charge in [-0.15, -0.1) is 0 Å². The Morgan fingerprint density at radius 1 is 1.05 bits per heavy atom. The highest BCUT2D eigenvalue weighted by Crippen LogP contribution is 2.37. The molecule has 0 saturated heterocycles. The summed E-state index contributed by atoms with van der Waals surface area (Å²) in [6.07, 6.45) is 6.79. The molecule has 1 saturated carbocycles. The Balaban J connectivity index is 2.12. The van der Waals surface area contributed by atoms with Crippen LogP contribution in [0.4, 0.5) is 0 Å². The second kappa shape index (κ2) is 6.56. The summed E-state index contributed by atoms with van der Waals surface area (Å²) in [7, 11) is 0. The van der Waals surface area contributed by atoms with Crippen molar-refractivity contribution in [2.24, 2.45) is 11.8 Å². The van der Waals surface area contributed by atoms with E-state index in [4.69, 9.17) is 0 Å². The maximum Gasteiger partial charge on any atom is 0.0818 e. The summed E-state index contributed by atoms with van der Waals surface area (Å²) in [5, 5.41) is 10.6. The summed E-state index contributed by atoms with van der Waals surface area (Å²) in [4.78, 5) is 0. The molecule has 1 unspecified atom stereocenters. The number of hydrogen-bond acceptors (Lipinski definition) is 1. The third-order valence-corrected chi connectivity index (χ3v) is 4.84. The largest absolute Gasteiger partial charge is 0.388 e. The van der Waals surface area contributed by atoms with Crippen LogP contribution in [0, 0.1) is 11.8 Å². The van der Waals surface area contributed by atoms with Crippen molar-refractivity contribution >= 4 is 0 Å². The van der Waals surface area contributed by atoms with E-state index in [-0.39, 0.29) is 6.10 Å². The smallest absolute Gasteiger partial charge is 0.0818 e. The first-order valence-electron chi connectivity index (χ1n) is 7.95. The van der Waals surface area contributed by atoms with Crippen molar-refractivity contribution in [3.05, 3.63) is 34.9 Å². The standard InChI is InChI=1S/C18H28O/c1-4-14-10-11-17(12-15(14)5-2)18(19)16-8-6-13(3)7-9-16/h10-13,16,18-19H,4-9H2,1-3H3. The van der Waals surface area contributed by atoms with Crippen LogP contribution in [0.5, 0.6) is 0 Å². The Hall–Kier alpha value is -0.820. The molecule has 0 aliphatic heterocycles. The van der Waals surface area contributed by atoms with Gasteiger partial charge in [-0.25, -0.2) is 0 Å². The molecular formula is C18H28O. The van der Waals surface area contributed by atoms with E-state index in [2.05, 4.69) is 39.0 Å². The Morgan fingerprint density at radius 2 is 1.68 bits per heavy atom. The van der Waals surface area contributed by atoms with Crippen molar-refractivity contribution in [3.63, 3.8) is 0 Å². The lowest BCUT2D eigenvalue weighted by Gasteiger charge is -2.30. The Morgan fingerprint density at radius 3 is 2.26 bits per heavy atom. The number of hydrogen-bond donors (Lipinski definition) is 1. The fraction of sp³-hybridized carbons (Fsp3) is 0.667. The van der Waals surface area contributed by atoms with Crippen LogP contribution < -0.4 is 0 Å². The minimum Gasteiger partial charge on any atom is -0.388 e. The molecule has 1 aromatic rings. The van der Waals surface area contributed by atoms with E-state index in [1.54, 1.807) is 0 Å². The monoisotopic (exact) mass is 260 g/mol. The van der Waals surface area contributed by atoms with E-state index >= 15 is 0 Å². The van der Waals surface area contributed by atoms with Gasteiger partial charge in [-0.05, 0) is 54.2 Å². The van der Waals surface area contributed by atoms with Crippen LogP contribution in [0.2, 0.25) is 0 Å². The molecule has 1 fully saturated rings. The number of aryl methyl sites for hydroxylation is 2. The third kappa shape index (κ3) is 3.39. The second-order valence-corrected chi connectivity index (χ2v) is 6.20. The molecule has 0 amide bonds. The van der Waals surface area contributed by atoms with Crippen molar-refractivity contribution in [2.45, 2.75) is 65.4 Å². The van der Waals surface area contributed by atoms with E-state index in [0.717, 1.165) is 24.3 Å². The Bertz CT molecular complexity index is 402. The van der Waals surface area contributed by atoms with Gasteiger partial charge in [0.25, 0.3) is 0 Å². The molecule has 0 bridgehead atoms. The zero-order valence-corrected chi connectivity index (χ0v) is 12.7. The average molecular weight is 260 g/mol. The lowest BCUT2D eigenvalue weighted by Crippen LogP contribution is -2.19. The Labute approximate surface area is 118 Å². The van der Waals surface area contributed by atoms with Crippen LogP contribution in [0.15, 0.2) is 18.2 Å². The quantitative estimate of drug-likeness (QED) is 0.834. The SMILES string of the molecule is CCc1ccc(C(O)C2CCC(C)CC2)cc1CC. The molecule has 1 aliphatic carbocycles. The van der Waals surface area contributed by atoms with Gasteiger partial charge < -0.3 is 5.11 Å².